The lowest BCUT2D eigenvalue weighted by Gasteiger charge is -2.11. The lowest BCUT2D eigenvalue weighted by atomic mass is 10.2. The molecule has 22 heavy (non-hydrogen) atoms. The molecule has 1 aromatic heterocycles. The number of ether oxygens (including phenoxy) is 1. The molecule has 6 heteroatoms. The van der Waals surface area contributed by atoms with E-state index in [4.69, 9.17) is 4.74 Å². The summed E-state index contributed by atoms with van der Waals surface area (Å²) in [5, 5.41) is 5.09. The van der Waals surface area contributed by atoms with Gasteiger partial charge in [-0.3, -0.25) is 14.6 Å². The first kappa shape index (κ1) is 15.5. The molecule has 0 spiro atoms. The Kier molecular flexibility index (Phi) is 5.48. The summed E-state index contributed by atoms with van der Waals surface area (Å²) in [6.45, 7) is 2.59. The second kappa shape index (κ2) is 7.78. The Bertz CT molecular complexity index is 644. The average molecular weight is 299 g/mol. The Hall–Kier alpha value is -2.89. The van der Waals surface area contributed by atoms with Gasteiger partial charge in [-0.25, -0.2) is 0 Å². The van der Waals surface area contributed by atoms with Crippen LogP contribution < -0.4 is 15.4 Å². The lowest BCUT2D eigenvalue weighted by Crippen LogP contribution is -2.35. The van der Waals surface area contributed by atoms with E-state index in [9.17, 15) is 9.59 Å². The summed E-state index contributed by atoms with van der Waals surface area (Å²) in [4.78, 5) is 27.6. The van der Waals surface area contributed by atoms with Crippen molar-refractivity contribution in [3.8, 4) is 5.75 Å². The molecule has 1 aromatic carbocycles. The number of nitrogens with one attached hydrogen (secondary N) is 2. The monoisotopic (exact) mass is 299 g/mol. The van der Waals surface area contributed by atoms with Gasteiger partial charge in [-0.2, -0.15) is 0 Å². The Morgan fingerprint density at radius 2 is 1.82 bits per heavy atom. The third-order valence-corrected chi connectivity index (χ3v) is 2.84. The standard InChI is InChI=1S/C16H17N3O3/c1-2-22-14-6-4-3-5-13(14)19-16(21)15(20)18-11-12-7-9-17-10-8-12/h3-10H,2,11H2,1H3,(H,18,20)(H,19,21). The molecule has 0 bridgehead atoms. The summed E-state index contributed by atoms with van der Waals surface area (Å²) in [5.41, 5.74) is 1.33. The number of hydrogen-bond donors (Lipinski definition) is 2. The molecule has 0 atom stereocenters. The summed E-state index contributed by atoms with van der Waals surface area (Å²) >= 11 is 0. The van der Waals surface area contributed by atoms with Crippen molar-refractivity contribution in [3.63, 3.8) is 0 Å². The van der Waals surface area contributed by atoms with Crippen molar-refractivity contribution in [1.82, 2.24) is 10.3 Å². The van der Waals surface area contributed by atoms with Crippen molar-refractivity contribution in [2.45, 2.75) is 13.5 Å². The van der Waals surface area contributed by atoms with Gasteiger partial charge >= 0.3 is 11.8 Å². The van der Waals surface area contributed by atoms with Gasteiger partial charge in [0.25, 0.3) is 0 Å². The maximum absolute atomic E-state index is 11.9. The molecule has 2 amide bonds. The van der Waals surface area contributed by atoms with Crippen LogP contribution in [0.5, 0.6) is 5.75 Å². The second-order valence-electron chi connectivity index (χ2n) is 4.42. The predicted octanol–water partition coefficient (Wildman–Crippen LogP) is 1.74. The minimum absolute atomic E-state index is 0.266. The van der Waals surface area contributed by atoms with Gasteiger partial charge in [-0.05, 0) is 36.8 Å². The van der Waals surface area contributed by atoms with Gasteiger partial charge in [-0.15, -0.1) is 0 Å². The molecule has 0 aliphatic carbocycles. The number of carbonyl (C=O) groups is 2. The number of pyridine rings is 1. The molecular weight excluding hydrogens is 282 g/mol. The molecule has 0 saturated carbocycles. The fraction of sp³-hybridized carbons (Fsp3) is 0.188. The van der Waals surface area contributed by atoms with E-state index in [1.165, 1.54) is 0 Å². The van der Waals surface area contributed by atoms with E-state index >= 15 is 0 Å². The number of carbonyl (C=O) groups excluding carboxylic acids is 2. The maximum Gasteiger partial charge on any atom is 0.313 e. The van der Waals surface area contributed by atoms with Crippen LogP contribution in [-0.2, 0) is 16.1 Å². The molecule has 0 fully saturated rings. The summed E-state index contributed by atoms with van der Waals surface area (Å²) in [6.07, 6.45) is 3.25. The first-order chi connectivity index (χ1) is 10.7. The number of aromatic nitrogens is 1. The van der Waals surface area contributed by atoms with Gasteiger partial charge in [0.2, 0.25) is 0 Å². The van der Waals surface area contributed by atoms with E-state index in [-0.39, 0.29) is 6.54 Å². The Labute approximate surface area is 128 Å². The number of amides is 2. The van der Waals surface area contributed by atoms with Crippen LogP contribution in [-0.4, -0.2) is 23.4 Å². The van der Waals surface area contributed by atoms with Gasteiger partial charge in [0.15, 0.2) is 0 Å². The van der Waals surface area contributed by atoms with E-state index in [1.54, 1.807) is 48.8 Å². The minimum Gasteiger partial charge on any atom is -0.492 e. The van der Waals surface area contributed by atoms with Crippen molar-refractivity contribution in [2.75, 3.05) is 11.9 Å². The number of hydrogen-bond acceptors (Lipinski definition) is 4. The van der Waals surface area contributed by atoms with Gasteiger partial charge in [0.1, 0.15) is 5.75 Å². The average Bonchev–Trinajstić information content (AvgIpc) is 2.55. The smallest absolute Gasteiger partial charge is 0.313 e. The van der Waals surface area contributed by atoms with Crippen molar-refractivity contribution in [2.24, 2.45) is 0 Å². The van der Waals surface area contributed by atoms with Crippen LogP contribution in [0.3, 0.4) is 0 Å². The third-order valence-electron chi connectivity index (χ3n) is 2.84. The first-order valence-corrected chi connectivity index (χ1v) is 6.90. The number of nitrogens with zero attached hydrogens (tertiary/aromatic N) is 1. The first-order valence-electron chi connectivity index (χ1n) is 6.90. The Morgan fingerprint density at radius 1 is 1.09 bits per heavy atom. The molecule has 2 rings (SSSR count). The van der Waals surface area contributed by atoms with Crippen LogP contribution in [0.25, 0.3) is 0 Å². The third kappa shape index (κ3) is 4.31. The summed E-state index contributed by atoms with van der Waals surface area (Å²) in [6, 6.07) is 10.5. The lowest BCUT2D eigenvalue weighted by molar-refractivity contribution is -0.136. The summed E-state index contributed by atoms with van der Waals surface area (Å²) in [5.74, 6) is -0.912. The van der Waals surface area contributed by atoms with Crippen LogP contribution in [0, 0.1) is 0 Å². The van der Waals surface area contributed by atoms with Gasteiger partial charge in [0.05, 0.1) is 12.3 Å². The molecule has 1 heterocycles. The molecule has 0 unspecified atom stereocenters. The largest absolute Gasteiger partial charge is 0.492 e. The number of rotatable bonds is 5. The molecule has 2 aromatic rings. The number of para-hydroxylation sites is 2. The van der Waals surface area contributed by atoms with E-state index in [0.29, 0.717) is 18.0 Å². The zero-order valence-electron chi connectivity index (χ0n) is 12.2. The zero-order chi connectivity index (χ0) is 15.8. The Morgan fingerprint density at radius 3 is 2.55 bits per heavy atom. The molecular formula is C16H17N3O3. The van der Waals surface area contributed by atoms with E-state index in [2.05, 4.69) is 15.6 Å². The fourth-order valence-electron chi connectivity index (χ4n) is 1.79. The highest BCUT2D eigenvalue weighted by molar-refractivity contribution is 6.39. The van der Waals surface area contributed by atoms with Crippen LogP contribution in [0.15, 0.2) is 48.8 Å². The van der Waals surface area contributed by atoms with Crippen LogP contribution in [0.4, 0.5) is 5.69 Å². The molecule has 2 N–H and O–H groups in total. The zero-order valence-corrected chi connectivity index (χ0v) is 12.2. The van der Waals surface area contributed by atoms with Crippen LogP contribution in [0.2, 0.25) is 0 Å². The van der Waals surface area contributed by atoms with Gasteiger partial charge < -0.3 is 15.4 Å². The van der Waals surface area contributed by atoms with Gasteiger partial charge in [-0.1, -0.05) is 12.1 Å². The number of anilines is 1. The Balaban J connectivity index is 1.93. The molecule has 0 aliphatic heterocycles. The molecule has 0 aliphatic rings. The second-order valence-corrected chi connectivity index (χ2v) is 4.42. The van der Waals surface area contributed by atoms with E-state index < -0.39 is 11.8 Å². The van der Waals surface area contributed by atoms with Crippen LogP contribution >= 0.6 is 0 Å². The van der Waals surface area contributed by atoms with Crippen LogP contribution in [0.1, 0.15) is 12.5 Å². The summed E-state index contributed by atoms with van der Waals surface area (Å²) in [7, 11) is 0. The van der Waals surface area contributed by atoms with Crippen molar-refractivity contribution >= 4 is 17.5 Å². The summed E-state index contributed by atoms with van der Waals surface area (Å²) < 4.78 is 5.39. The number of benzene rings is 1. The van der Waals surface area contributed by atoms with E-state index in [0.717, 1.165) is 5.56 Å². The maximum atomic E-state index is 11.9. The van der Waals surface area contributed by atoms with Crippen molar-refractivity contribution in [1.29, 1.82) is 0 Å². The topological polar surface area (TPSA) is 80.3 Å². The van der Waals surface area contributed by atoms with Gasteiger partial charge in [0, 0.05) is 18.9 Å². The van der Waals surface area contributed by atoms with E-state index in [1.807, 2.05) is 6.92 Å². The van der Waals surface area contributed by atoms with Crippen molar-refractivity contribution in [3.05, 3.63) is 54.4 Å². The molecule has 6 nitrogen and oxygen atoms in total. The highest BCUT2D eigenvalue weighted by Crippen LogP contribution is 2.23. The van der Waals surface area contributed by atoms with Crippen molar-refractivity contribution < 1.29 is 14.3 Å². The molecule has 114 valence electrons. The SMILES string of the molecule is CCOc1ccccc1NC(=O)C(=O)NCc1ccncc1. The fourth-order valence-corrected chi connectivity index (χ4v) is 1.79. The highest BCUT2D eigenvalue weighted by atomic mass is 16.5. The highest BCUT2D eigenvalue weighted by Gasteiger charge is 2.15. The normalized spacial score (nSPS) is 9.86. The predicted molar refractivity (Wildman–Crippen MR) is 82.3 cm³/mol. The minimum atomic E-state index is -0.735. The molecule has 0 saturated heterocycles. The molecule has 0 radical (unpaired) electrons. The quantitative estimate of drug-likeness (QED) is 0.824.